The molecular formula is C16H23NO4. The lowest BCUT2D eigenvalue weighted by molar-refractivity contribution is -0.123. The van der Waals surface area contributed by atoms with Gasteiger partial charge in [-0.25, -0.2) is 0 Å². The Balaban J connectivity index is 2.42. The number of Topliss-reactive ketones (excluding diaryl/α,β-unsaturated/α-hetero) is 1. The number of anilines is 1. The lowest BCUT2D eigenvalue weighted by Gasteiger charge is -2.39. The van der Waals surface area contributed by atoms with Crippen LogP contribution in [0.25, 0.3) is 0 Å². The van der Waals surface area contributed by atoms with Crippen molar-refractivity contribution in [2.24, 2.45) is 5.92 Å². The quantitative estimate of drug-likeness (QED) is 0.853. The summed E-state index contributed by atoms with van der Waals surface area (Å²) in [6.07, 6.45) is 0.572. The van der Waals surface area contributed by atoms with Gasteiger partial charge < -0.3 is 19.1 Å². The molecule has 1 aromatic rings. The molecule has 0 bridgehead atoms. The number of carbonyl (C=O) groups is 1. The third kappa shape index (κ3) is 2.77. The van der Waals surface area contributed by atoms with Gasteiger partial charge in [0.15, 0.2) is 11.5 Å². The van der Waals surface area contributed by atoms with Crippen LogP contribution < -0.4 is 19.1 Å². The molecule has 2 atom stereocenters. The molecule has 0 amide bonds. The molecule has 2 rings (SSSR count). The summed E-state index contributed by atoms with van der Waals surface area (Å²) < 4.78 is 16.1. The van der Waals surface area contributed by atoms with Gasteiger partial charge in [0.05, 0.1) is 21.3 Å². The second-order valence-corrected chi connectivity index (χ2v) is 5.32. The summed E-state index contributed by atoms with van der Waals surface area (Å²) in [7, 11) is 4.80. The fourth-order valence-electron chi connectivity index (χ4n) is 2.80. The average Bonchev–Trinajstić information content (AvgIpc) is 2.51. The number of nitrogens with zero attached hydrogens (tertiary/aromatic N) is 1. The Kier molecular flexibility index (Phi) is 4.60. The number of ether oxygens (including phenoxy) is 3. The molecule has 1 fully saturated rings. The zero-order chi connectivity index (χ0) is 15.6. The molecular weight excluding hydrogens is 270 g/mol. The van der Waals surface area contributed by atoms with Gasteiger partial charge in [-0.2, -0.15) is 0 Å². The van der Waals surface area contributed by atoms with E-state index in [9.17, 15) is 4.79 Å². The Labute approximate surface area is 125 Å². The SMILES string of the molecule is COc1cc(N2CCC(=O)C(C)C2C)cc(OC)c1OC. The van der Waals surface area contributed by atoms with Crippen LogP contribution in [-0.4, -0.2) is 39.7 Å². The van der Waals surface area contributed by atoms with Crippen LogP contribution in [0.1, 0.15) is 20.3 Å². The number of carbonyl (C=O) groups excluding carboxylic acids is 1. The summed E-state index contributed by atoms with van der Waals surface area (Å²) in [6.45, 7) is 4.77. The first-order chi connectivity index (χ1) is 10.0. The Hall–Kier alpha value is -1.91. The first-order valence-corrected chi connectivity index (χ1v) is 7.12. The average molecular weight is 293 g/mol. The Morgan fingerprint density at radius 2 is 1.62 bits per heavy atom. The van der Waals surface area contributed by atoms with Gasteiger partial charge in [0.2, 0.25) is 5.75 Å². The molecule has 0 saturated carbocycles. The van der Waals surface area contributed by atoms with E-state index in [4.69, 9.17) is 14.2 Å². The number of methoxy groups -OCH3 is 3. The van der Waals surface area contributed by atoms with Gasteiger partial charge in [-0.05, 0) is 6.92 Å². The predicted octanol–water partition coefficient (Wildman–Crippen LogP) is 2.52. The van der Waals surface area contributed by atoms with Crippen molar-refractivity contribution in [2.45, 2.75) is 26.3 Å². The van der Waals surface area contributed by atoms with Crippen molar-refractivity contribution >= 4 is 11.5 Å². The molecule has 0 aliphatic carbocycles. The van der Waals surface area contributed by atoms with Crippen LogP contribution in [0.5, 0.6) is 17.2 Å². The van der Waals surface area contributed by atoms with Gasteiger partial charge in [-0.3, -0.25) is 4.79 Å². The second kappa shape index (κ2) is 6.24. The van der Waals surface area contributed by atoms with Gasteiger partial charge in [-0.15, -0.1) is 0 Å². The van der Waals surface area contributed by atoms with Crippen molar-refractivity contribution in [1.82, 2.24) is 0 Å². The van der Waals surface area contributed by atoms with Crippen LogP contribution in [-0.2, 0) is 4.79 Å². The maximum absolute atomic E-state index is 11.8. The summed E-state index contributed by atoms with van der Waals surface area (Å²) in [5, 5.41) is 0. The lowest BCUT2D eigenvalue weighted by Crippen LogP contribution is -2.47. The van der Waals surface area contributed by atoms with Crippen LogP contribution in [0, 0.1) is 5.92 Å². The van der Waals surface area contributed by atoms with Crippen LogP contribution in [0.4, 0.5) is 5.69 Å². The van der Waals surface area contributed by atoms with Crippen molar-refractivity contribution in [2.75, 3.05) is 32.8 Å². The fraction of sp³-hybridized carbons (Fsp3) is 0.562. The maximum atomic E-state index is 11.8. The third-order valence-electron chi connectivity index (χ3n) is 4.30. The van der Waals surface area contributed by atoms with E-state index in [2.05, 4.69) is 11.8 Å². The molecule has 5 heteroatoms. The summed E-state index contributed by atoms with van der Waals surface area (Å²) >= 11 is 0. The number of rotatable bonds is 4. The second-order valence-electron chi connectivity index (χ2n) is 5.32. The van der Waals surface area contributed by atoms with E-state index in [-0.39, 0.29) is 12.0 Å². The van der Waals surface area contributed by atoms with Gasteiger partial charge in [0.1, 0.15) is 5.78 Å². The minimum Gasteiger partial charge on any atom is -0.493 e. The molecule has 0 N–H and O–H groups in total. The minimum atomic E-state index is 0.0258. The van der Waals surface area contributed by atoms with Crippen molar-refractivity contribution in [3.63, 3.8) is 0 Å². The van der Waals surface area contributed by atoms with E-state index in [1.54, 1.807) is 21.3 Å². The van der Waals surface area contributed by atoms with E-state index in [0.29, 0.717) is 36.0 Å². The maximum Gasteiger partial charge on any atom is 0.203 e. The molecule has 116 valence electrons. The number of hydrogen-bond acceptors (Lipinski definition) is 5. The van der Waals surface area contributed by atoms with Crippen LogP contribution >= 0.6 is 0 Å². The van der Waals surface area contributed by atoms with E-state index in [1.807, 2.05) is 19.1 Å². The highest BCUT2D eigenvalue weighted by Crippen LogP contribution is 2.42. The van der Waals surface area contributed by atoms with Crippen molar-refractivity contribution in [1.29, 1.82) is 0 Å². The predicted molar refractivity (Wildman–Crippen MR) is 81.7 cm³/mol. The van der Waals surface area contributed by atoms with Crippen LogP contribution in [0.15, 0.2) is 12.1 Å². The molecule has 21 heavy (non-hydrogen) atoms. The van der Waals surface area contributed by atoms with E-state index in [1.165, 1.54) is 0 Å². The van der Waals surface area contributed by atoms with Gasteiger partial charge in [0.25, 0.3) is 0 Å². The number of benzene rings is 1. The first kappa shape index (κ1) is 15.5. The molecule has 1 aromatic carbocycles. The van der Waals surface area contributed by atoms with Gasteiger partial charge in [-0.1, -0.05) is 6.92 Å². The lowest BCUT2D eigenvalue weighted by atomic mass is 9.90. The van der Waals surface area contributed by atoms with Crippen LogP contribution in [0.2, 0.25) is 0 Å². The molecule has 0 radical (unpaired) electrons. The molecule has 1 aliphatic heterocycles. The zero-order valence-electron chi connectivity index (χ0n) is 13.3. The minimum absolute atomic E-state index is 0.0258. The first-order valence-electron chi connectivity index (χ1n) is 7.12. The fourth-order valence-corrected chi connectivity index (χ4v) is 2.80. The molecule has 5 nitrogen and oxygen atoms in total. The summed E-state index contributed by atoms with van der Waals surface area (Å²) in [6, 6.07) is 4.01. The Morgan fingerprint density at radius 3 is 2.10 bits per heavy atom. The monoisotopic (exact) mass is 293 g/mol. The highest BCUT2D eigenvalue weighted by Gasteiger charge is 2.31. The molecule has 0 spiro atoms. The summed E-state index contributed by atoms with van der Waals surface area (Å²) in [5.41, 5.74) is 0.983. The standard InChI is InChI=1S/C16H23NO4/c1-10-11(2)17(7-6-13(10)18)12-8-14(19-3)16(21-5)15(9-12)20-4/h8-11H,6-7H2,1-5H3. The highest BCUT2D eigenvalue weighted by molar-refractivity contribution is 5.84. The van der Waals surface area contributed by atoms with Gasteiger partial charge in [0, 0.05) is 42.7 Å². The topological polar surface area (TPSA) is 48.0 Å². The summed E-state index contributed by atoms with van der Waals surface area (Å²) in [5.74, 6) is 2.19. The van der Waals surface area contributed by atoms with E-state index in [0.717, 1.165) is 5.69 Å². The zero-order valence-corrected chi connectivity index (χ0v) is 13.3. The molecule has 1 saturated heterocycles. The van der Waals surface area contributed by atoms with Gasteiger partial charge >= 0.3 is 0 Å². The molecule has 1 heterocycles. The van der Waals surface area contributed by atoms with Crippen LogP contribution in [0.3, 0.4) is 0 Å². The molecule has 1 aliphatic rings. The molecule has 0 aromatic heterocycles. The smallest absolute Gasteiger partial charge is 0.203 e. The number of hydrogen-bond donors (Lipinski definition) is 0. The molecule has 2 unspecified atom stereocenters. The largest absolute Gasteiger partial charge is 0.493 e. The number of piperidine rings is 1. The van der Waals surface area contributed by atoms with Crippen molar-refractivity contribution in [3.05, 3.63) is 12.1 Å². The number of ketones is 1. The van der Waals surface area contributed by atoms with E-state index < -0.39 is 0 Å². The Morgan fingerprint density at radius 1 is 1.05 bits per heavy atom. The summed E-state index contributed by atoms with van der Waals surface area (Å²) in [4.78, 5) is 14.1. The van der Waals surface area contributed by atoms with E-state index >= 15 is 0 Å². The van der Waals surface area contributed by atoms with Crippen molar-refractivity contribution in [3.8, 4) is 17.2 Å². The third-order valence-corrected chi connectivity index (χ3v) is 4.30. The highest BCUT2D eigenvalue weighted by atomic mass is 16.5. The normalized spacial score (nSPS) is 22.1. The Bertz CT molecular complexity index is 504. The van der Waals surface area contributed by atoms with Crippen molar-refractivity contribution < 1.29 is 19.0 Å².